The monoisotopic (exact) mass is 681 g/mol. The van der Waals surface area contributed by atoms with E-state index in [9.17, 15) is 27.6 Å². The number of halogens is 3. The second-order valence-corrected chi connectivity index (χ2v) is 12.8. The summed E-state index contributed by atoms with van der Waals surface area (Å²) in [6, 6.07) is 11.2. The number of primary amides is 1. The van der Waals surface area contributed by atoms with Gasteiger partial charge in [0.15, 0.2) is 11.5 Å². The lowest BCUT2D eigenvalue weighted by Gasteiger charge is -2.50. The molecule has 2 unspecified atom stereocenters. The van der Waals surface area contributed by atoms with Crippen LogP contribution in [0.3, 0.4) is 0 Å². The third-order valence-electron chi connectivity index (χ3n) is 7.80. The van der Waals surface area contributed by atoms with Crippen LogP contribution in [-0.4, -0.2) is 92.8 Å². The molecule has 2 aromatic heterocycles. The molecule has 17 heteroatoms. The third kappa shape index (κ3) is 7.66. The minimum atomic E-state index is -4.55. The van der Waals surface area contributed by atoms with Crippen molar-refractivity contribution in [2.45, 2.75) is 51.2 Å². The van der Waals surface area contributed by atoms with Gasteiger partial charge in [0, 0.05) is 35.6 Å². The minimum absolute atomic E-state index is 0.00479. The van der Waals surface area contributed by atoms with Gasteiger partial charge >= 0.3 is 18.3 Å². The van der Waals surface area contributed by atoms with Crippen LogP contribution in [-0.2, 0) is 16.0 Å². The van der Waals surface area contributed by atoms with Crippen LogP contribution in [0.5, 0.6) is 0 Å². The van der Waals surface area contributed by atoms with Gasteiger partial charge in [-0.15, -0.1) is 0 Å². The Bertz CT molecular complexity index is 1860. The average molecular weight is 682 g/mol. The van der Waals surface area contributed by atoms with Crippen LogP contribution < -0.4 is 21.3 Å². The molecule has 258 valence electrons. The number of rotatable bonds is 6. The largest absolute Gasteiger partial charge is 0.444 e. The Labute approximate surface area is 278 Å². The quantitative estimate of drug-likeness (QED) is 0.263. The van der Waals surface area contributed by atoms with E-state index in [1.54, 1.807) is 49.9 Å². The highest BCUT2D eigenvalue weighted by molar-refractivity contribution is 6.00. The van der Waals surface area contributed by atoms with Crippen molar-refractivity contribution in [1.29, 1.82) is 0 Å². The Morgan fingerprint density at radius 2 is 1.53 bits per heavy atom. The van der Waals surface area contributed by atoms with E-state index < -0.39 is 36.4 Å². The molecule has 4 amide bonds. The highest BCUT2D eigenvalue weighted by atomic mass is 19.4. The van der Waals surface area contributed by atoms with Crippen LogP contribution in [0, 0.1) is 0 Å². The number of aromatic nitrogens is 4. The number of urea groups is 1. The van der Waals surface area contributed by atoms with Gasteiger partial charge in [-0.25, -0.2) is 24.2 Å². The lowest BCUT2D eigenvalue weighted by molar-refractivity contribution is -0.141. The Morgan fingerprint density at radius 1 is 0.939 bits per heavy atom. The number of piperazine rings is 1. The Balaban J connectivity index is 1.28. The van der Waals surface area contributed by atoms with Crippen molar-refractivity contribution in [2.75, 3.05) is 41.8 Å². The van der Waals surface area contributed by atoms with Crippen molar-refractivity contribution >= 4 is 46.3 Å². The number of carbonyl (C=O) groups is 3. The zero-order valence-corrected chi connectivity index (χ0v) is 26.8. The van der Waals surface area contributed by atoms with E-state index in [0.717, 1.165) is 4.68 Å². The number of carbonyl (C=O) groups excluding carboxylic acids is 3. The van der Waals surface area contributed by atoms with Crippen molar-refractivity contribution in [1.82, 2.24) is 24.6 Å². The average Bonchev–Trinajstić information content (AvgIpc) is 3.40. The summed E-state index contributed by atoms with van der Waals surface area (Å²) < 4.78 is 52.8. The van der Waals surface area contributed by atoms with Crippen LogP contribution in [0.25, 0.3) is 22.4 Å². The van der Waals surface area contributed by atoms with Gasteiger partial charge in [-0.05, 0) is 69.3 Å². The Morgan fingerprint density at radius 3 is 2.08 bits per heavy atom. The Kier molecular flexibility index (Phi) is 8.79. The smallest absolute Gasteiger partial charge is 0.410 e. The van der Waals surface area contributed by atoms with Gasteiger partial charge in [0.2, 0.25) is 5.91 Å². The normalized spacial score (nSPS) is 17.9. The second kappa shape index (κ2) is 12.9. The highest BCUT2D eigenvalue weighted by Crippen LogP contribution is 2.35. The molecule has 2 aliphatic heterocycles. The maximum atomic E-state index is 13.5. The van der Waals surface area contributed by atoms with Gasteiger partial charge < -0.3 is 35.6 Å². The number of morpholine rings is 1. The topological polar surface area (TPSA) is 170 Å². The summed E-state index contributed by atoms with van der Waals surface area (Å²) in [5, 5.41) is 9.70. The maximum absolute atomic E-state index is 13.5. The second-order valence-electron chi connectivity index (χ2n) is 12.8. The number of hydrogen-bond acceptors (Lipinski definition) is 9. The molecular formula is C32H34F3N9O5. The lowest BCUT2D eigenvalue weighted by atomic mass is 10.0. The summed E-state index contributed by atoms with van der Waals surface area (Å²) >= 11 is 0. The van der Waals surface area contributed by atoms with Crippen LogP contribution in [0.1, 0.15) is 31.1 Å². The number of benzene rings is 2. The van der Waals surface area contributed by atoms with Crippen LogP contribution in [0.2, 0.25) is 0 Å². The number of hydrogen-bond donors (Lipinski definition) is 3. The van der Waals surface area contributed by atoms with Crippen molar-refractivity contribution in [3.8, 4) is 11.4 Å². The molecule has 4 N–H and O–H groups in total. The van der Waals surface area contributed by atoms with E-state index in [-0.39, 0.29) is 49.9 Å². The summed E-state index contributed by atoms with van der Waals surface area (Å²) in [6.07, 6.45) is -3.69. The van der Waals surface area contributed by atoms with Crippen LogP contribution in [0.4, 0.5) is 40.0 Å². The molecule has 2 fully saturated rings. The summed E-state index contributed by atoms with van der Waals surface area (Å²) in [5.74, 6) is -0.0705. The fourth-order valence-electron chi connectivity index (χ4n) is 5.75. The van der Waals surface area contributed by atoms with E-state index in [1.807, 2.05) is 4.90 Å². The molecule has 14 nitrogen and oxygen atoms in total. The SMILES string of the molecule is CC(C)(C)OC(=O)N1CC2COCC(C1)N2c1nc(-c2ccc(NC(=O)Nc3ccc(C(N)=O)cc3)cc2)nc2c1cnn2CC(F)(F)F. The summed E-state index contributed by atoms with van der Waals surface area (Å²) in [7, 11) is 0. The molecule has 0 saturated carbocycles. The third-order valence-corrected chi connectivity index (χ3v) is 7.80. The first-order valence-electron chi connectivity index (χ1n) is 15.4. The predicted octanol–water partition coefficient (Wildman–Crippen LogP) is 4.62. The first-order chi connectivity index (χ1) is 23.1. The van der Waals surface area contributed by atoms with E-state index in [0.29, 0.717) is 33.7 Å². The number of amides is 4. The molecule has 4 aromatic rings. The van der Waals surface area contributed by atoms with E-state index >= 15 is 0 Å². The molecule has 0 spiro atoms. The fraction of sp³-hybridized carbons (Fsp3) is 0.375. The fourth-order valence-corrected chi connectivity index (χ4v) is 5.75. The molecule has 49 heavy (non-hydrogen) atoms. The molecular weight excluding hydrogens is 647 g/mol. The van der Waals surface area contributed by atoms with E-state index in [1.165, 1.54) is 30.5 Å². The molecule has 0 radical (unpaired) electrons. The van der Waals surface area contributed by atoms with Gasteiger partial charge in [0.1, 0.15) is 18.0 Å². The van der Waals surface area contributed by atoms with Crippen molar-refractivity contribution in [2.24, 2.45) is 5.73 Å². The zero-order chi connectivity index (χ0) is 35.1. The number of ether oxygens (including phenoxy) is 2. The van der Waals surface area contributed by atoms with Crippen LogP contribution >= 0.6 is 0 Å². The highest BCUT2D eigenvalue weighted by Gasteiger charge is 2.43. The molecule has 4 heterocycles. The standard InChI is InChI=1S/C32H34F3N9O5/c1-31(2,3)49-30(47)42-13-22-15-48-16-23(14-42)44(22)28-24-12-37-43(17-32(33,34)35)27(24)40-26(41-28)19-6-10-21(11-7-19)39-29(46)38-20-8-4-18(5-9-20)25(36)45/h4-12,22-23H,13-17H2,1-3H3,(H2,36,45)(H2,38,39,46). The minimum Gasteiger partial charge on any atom is -0.444 e. The Hall–Kier alpha value is -5.45. The number of nitrogens with two attached hydrogens (primary N) is 1. The molecule has 2 aliphatic rings. The maximum Gasteiger partial charge on any atom is 0.410 e. The first-order valence-corrected chi connectivity index (χ1v) is 15.4. The number of alkyl halides is 3. The summed E-state index contributed by atoms with van der Waals surface area (Å²) in [4.78, 5) is 49.8. The first kappa shape index (κ1) is 33.5. The van der Waals surface area contributed by atoms with Crippen molar-refractivity contribution in [3.05, 3.63) is 60.3 Å². The van der Waals surface area contributed by atoms with Gasteiger partial charge in [0.05, 0.1) is 36.9 Å². The zero-order valence-electron chi connectivity index (χ0n) is 26.8. The molecule has 0 aliphatic carbocycles. The molecule has 2 atom stereocenters. The predicted molar refractivity (Wildman–Crippen MR) is 173 cm³/mol. The van der Waals surface area contributed by atoms with Gasteiger partial charge in [-0.1, -0.05) is 0 Å². The molecule has 2 bridgehead atoms. The van der Waals surface area contributed by atoms with E-state index in [4.69, 9.17) is 20.2 Å². The van der Waals surface area contributed by atoms with Gasteiger partial charge in [-0.2, -0.15) is 18.3 Å². The number of nitrogens with zero attached hydrogens (tertiary/aromatic N) is 6. The van der Waals surface area contributed by atoms with Crippen molar-refractivity contribution < 1.29 is 37.0 Å². The number of fused-ring (bicyclic) bond motifs is 3. The van der Waals surface area contributed by atoms with Crippen LogP contribution in [0.15, 0.2) is 54.7 Å². The lowest BCUT2D eigenvalue weighted by Crippen LogP contribution is -2.66. The van der Waals surface area contributed by atoms with E-state index in [2.05, 4.69) is 20.7 Å². The molecule has 6 rings (SSSR count). The number of anilines is 3. The van der Waals surface area contributed by atoms with Gasteiger partial charge in [0.25, 0.3) is 0 Å². The van der Waals surface area contributed by atoms with Gasteiger partial charge in [-0.3, -0.25) is 4.79 Å². The molecule has 2 aromatic carbocycles. The molecule has 2 saturated heterocycles. The van der Waals surface area contributed by atoms with Crippen molar-refractivity contribution in [3.63, 3.8) is 0 Å². The summed E-state index contributed by atoms with van der Waals surface area (Å²) in [6.45, 7) is 5.02. The number of nitrogens with one attached hydrogen (secondary N) is 2. The summed E-state index contributed by atoms with van der Waals surface area (Å²) in [5.41, 5.74) is 6.19.